The molecule has 1 heterocycles. The summed E-state index contributed by atoms with van der Waals surface area (Å²) in [7, 11) is 1.69. The first-order valence-corrected chi connectivity index (χ1v) is 8.60. The molecule has 0 saturated heterocycles. The van der Waals surface area contributed by atoms with E-state index in [0.29, 0.717) is 24.8 Å². The second kappa shape index (κ2) is 11.0. The van der Waals surface area contributed by atoms with E-state index in [2.05, 4.69) is 20.6 Å². The Bertz CT molecular complexity index is 692. The third-order valence-corrected chi connectivity index (χ3v) is 3.42. The molecule has 0 bridgehead atoms. The fourth-order valence-corrected chi connectivity index (χ4v) is 2.16. The summed E-state index contributed by atoms with van der Waals surface area (Å²) in [5.41, 5.74) is 0.964. The van der Waals surface area contributed by atoms with Crippen LogP contribution in [0.1, 0.15) is 18.9 Å². The summed E-state index contributed by atoms with van der Waals surface area (Å²) >= 11 is 0. The molecule has 0 fully saturated rings. The van der Waals surface area contributed by atoms with Gasteiger partial charge < -0.3 is 20.1 Å². The van der Waals surface area contributed by atoms with Crippen molar-refractivity contribution in [3.8, 4) is 11.6 Å². The van der Waals surface area contributed by atoms with E-state index in [1.807, 2.05) is 19.1 Å². The summed E-state index contributed by atoms with van der Waals surface area (Å²) in [6.07, 6.45) is 2.58. The standard InChI is InChI=1S/C19H25FN4O2/c1-3-21-19(23-10-4-12-25-2)24-14-15-9-11-22-18(13-15)26-17-7-5-16(20)6-8-17/h5-9,11,13H,3-4,10,12,14H2,1-2H3,(H2,21,23,24). The van der Waals surface area contributed by atoms with Crippen molar-refractivity contribution in [1.82, 2.24) is 15.6 Å². The van der Waals surface area contributed by atoms with Gasteiger partial charge in [-0.05, 0) is 49.2 Å². The highest BCUT2D eigenvalue weighted by Crippen LogP contribution is 2.20. The summed E-state index contributed by atoms with van der Waals surface area (Å²) < 4.78 is 23.6. The number of pyridine rings is 1. The quantitative estimate of drug-likeness (QED) is 0.409. The Morgan fingerprint density at radius 1 is 1.19 bits per heavy atom. The monoisotopic (exact) mass is 360 g/mol. The molecule has 6 nitrogen and oxygen atoms in total. The lowest BCUT2D eigenvalue weighted by molar-refractivity contribution is 0.195. The van der Waals surface area contributed by atoms with E-state index in [1.54, 1.807) is 25.4 Å². The zero-order chi connectivity index (χ0) is 18.6. The number of hydrogen-bond donors (Lipinski definition) is 2. The average molecular weight is 360 g/mol. The molecule has 26 heavy (non-hydrogen) atoms. The number of nitrogens with one attached hydrogen (secondary N) is 2. The molecular formula is C19H25FN4O2. The van der Waals surface area contributed by atoms with Crippen LogP contribution in [0, 0.1) is 5.82 Å². The Morgan fingerprint density at radius 2 is 2.00 bits per heavy atom. The number of rotatable bonds is 9. The topological polar surface area (TPSA) is 67.8 Å². The van der Waals surface area contributed by atoms with Gasteiger partial charge in [0, 0.05) is 39.1 Å². The van der Waals surface area contributed by atoms with Crippen LogP contribution in [0.5, 0.6) is 11.6 Å². The highest BCUT2D eigenvalue weighted by atomic mass is 19.1. The first-order valence-electron chi connectivity index (χ1n) is 8.60. The maximum Gasteiger partial charge on any atom is 0.219 e. The summed E-state index contributed by atoms with van der Waals surface area (Å²) in [5, 5.41) is 6.47. The molecular weight excluding hydrogens is 335 g/mol. The molecule has 0 unspecified atom stereocenters. The molecule has 7 heteroatoms. The molecule has 2 aromatic rings. The molecule has 2 rings (SSSR count). The fourth-order valence-electron chi connectivity index (χ4n) is 2.16. The Balaban J connectivity index is 1.95. The van der Waals surface area contributed by atoms with Gasteiger partial charge in [-0.15, -0.1) is 0 Å². The molecule has 0 amide bonds. The van der Waals surface area contributed by atoms with Gasteiger partial charge >= 0.3 is 0 Å². The lowest BCUT2D eigenvalue weighted by Gasteiger charge is -2.11. The van der Waals surface area contributed by atoms with Gasteiger partial charge in [0.1, 0.15) is 11.6 Å². The van der Waals surface area contributed by atoms with Gasteiger partial charge in [-0.3, -0.25) is 0 Å². The third kappa shape index (κ3) is 7.06. The lowest BCUT2D eigenvalue weighted by atomic mass is 10.2. The molecule has 140 valence electrons. The normalized spacial score (nSPS) is 11.3. The van der Waals surface area contributed by atoms with Crippen LogP contribution in [0.25, 0.3) is 0 Å². The van der Waals surface area contributed by atoms with Gasteiger partial charge in [-0.2, -0.15) is 0 Å². The van der Waals surface area contributed by atoms with Crippen molar-refractivity contribution >= 4 is 5.96 Å². The van der Waals surface area contributed by atoms with Crippen LogP contribution < -0.4 is 15.4 Å². The molecule has 0 aliphatic heterocycles. The van der Waals surface area contributed by atoms with E-state index in [9.17, 15) is 4.39 Å². The van der Waals surface area contributed by atoms with Crippen LogP contribution in [0.3, 0.4) is 0 Å². The maximum atomic E-state index is 13.0. The zero-order valence-corrected chi connectivity index (χ0v) is 15.2. The Hall–Kier alpha value is -2.67. The van der Waals surface area contributed by atoms with E-state index in [-0.39, 0.29) is 5.82 Å². The van der Waals surface area contributed by atoms with Crippen LogP contribution in [0.4, 0.5) is 4.39 Å². The van der Waals surface area contributed by atoms with Gasteiger partial charge in [-0.1, -0.05) is 0 Å². The molecule has 0 aliphatic rings. The molecule has 0 aliphatic carbocycles. The number of aliphatic imine (C=N–C) groups is 1. The molecule has 1 aromatic carbocycles. The van der Waals surface area contributed by atoms with Gasteiger partial charge in [0.15, 0.2) is 5.96 Å². The first kappa shape index (κ1) is 19.7. The predicted molar refractivity (Wildman–Crippen MR) is 100 cm³/mol. The van der Waals surface area contributed by atoms with E-state index >= 15 is 0 Å². The fraction of sp³-hybridized carbons (Fsp3) is 0.368. The van der Waals surface area contributed by atoms with Gasteiger partial charge in [0.2, 0.25) is 5.88 Å². The third-order valence-electron chi connectivity index (χ3n) is 3.42. The summed E-state index contributed by atoms with van der Waals surface area (Å²) in [4.78, 5) is 8.74. The minimum atomic E-state index is -0.303. The van der Waals surface area contributed by atoms with Crippen LogP contribution >= 0.6 is 0 Å². The number of halogens is 1. The van der Waals surface area contributed by atoms with Crippen LogP contribution in [0.2, 0.25) is 0 Å². The number of hydrogen-bond acceptors (Lipinski definition) is 4. The molecule has 0 radical (unpaired) electrons. The van der Waals surface area contributed by atoms with Gasteiger partial charge in [0.25, 0.3) is 0 Å². The van der Waals surface area contributed by atoms with Crippen molar-refractivity contribution in [2.24, 2.45) is 4.99 Å². The second-order valence-electron chi connectivity index (χ2n) is 5.53. The van der Waals surface area contributed by atoms with Crippen molar-refractivity contribution in [2.75, 3.05) is 26.8 Å². The van der Waals surface area contributed by atoms with Crippen molar-refractivity contribution in [3.63, 3.8) is 0 Å². The smallest absolute Gasteiger partial charge is 0.219 e. The minimum absolute atomic E-state index is 0.303. The Kier molecular flexibility index (Phi) is 8.35. The SMILES string of the molecule is CCNC(=NCc1ccnc(Oc2ccc(F)cc2)c1)NCCCOC. The number of guanidine groups is 1. The molecule has 1 aromatic heterocycles. The van der Waals surface area contributed by atoms with E-state index < -0.39 is 0 Å². The highest BCUT2D eigenvalue weighted by molar-refractivity contribution is 5.79. The largest absolute Gasteiger partial charge is 0.439 e. The van der Waals surface area contributed by atoms with Crippen LogP contribution in [0.15, 0.2) is 47.6 Å². The van der Waals surface area contributed by atoms with E-state index in [1.165, 1.54) is 12.1 Å². The first-order chi connectivity index (χ1) is 12.7. The summed E-state index contributed by atoms with van der Waals surface area (Å²) in [6.45, 7) is 4.79. The maximum absolute atomic E-state index is 13.0. The molecule has 0 saturated carbocycles. The highest BCUT2D eigenvalue weighted by Gasteiger charge is 2.02. The van der Waals surface area contributed by atoms with Crippen molar-refractivity contribution in [1.29, 1.82) is 0 Å². The number of benzene rings is 1. The molecule has 2 N–H and O–H groups in total. The average Bonchev–Trinajstić information content (AvgIpc) is 2.65. The van der Waals surface area contributed by atoms with E-state index in [4.69, 9.17) is 9.47 Å². The lowest BCUT2D eigenvalue weighted by Crippen LogP contribution is -2.38. The summed E-state index contributed by atoms with van der Waals surface area (Å²) in [5.74, 6) is 1.43. The number of aromatic nitrogens is 1. The Morgan fingerprint density at radius 3 is 2.73 bits per heavy atom. The van der Waals surface area contributed by atoms with Crippen LogP contribution in [-0.4, -0.2) is 37.7 Å². The molecule has 0 spiro atoms. The predicted octanol–water partition coefficient (Wildman–Crippen LogP) is 3.10. The van der Waals surface area contributed by atoms with Gasteiger partial charge in [0.05, 0.1) is 6.54 Å². The van der Waals surface area contributed by atoms with E-state index in [0.717, 1.165) is 31.0 Å². The van der Waals surface area contributed by atoms with Crippen LogP contribution in [-0.2, 0) is 11.3 Å². The van der Waals surface area contributed by atoms with Gasteiger partial charge in [-0.25, -0.2) is 14.4 Å². The number of methoxy groups -OCH3 is 1. The zero-order valence-electron chi connectivity index (χ0n) is 15.2. The minimum Gasteiger partial charge on any atom is -0.439 e. The van der Waals surface area contributed by atoms with Crippen molar-refractivity contribution in [2.45, 2.75) is 19.9 Å². The molecule has 0 atom stereocenters. The van der Waals surface area contributed by atoms with Crippen molar-refractivity contribution in [3.05, 3.63) is 54.0 Å². The Labute approximate surface area is 153 Å². The number of ether oxygens (including phenoxy) is 2. The summed E-state index contributed by atoms with van der Waals surface area (Å²) in [6, 6.07) is 9.53. The number of nitrogens with zero attached hydrogens (tertiary/aromatic N) is 2. The second-order valence-corrected chi connectivity index (χ2v) is 5.53. The van der Waals surface area contributed by atoms with Crippen molar-refractivity contribution < 1.29 is 13.9 Å².